The highest BCUT2D eigenvalue weighted by Gasteiger charge is 2.37. The number of benzene rings is 8. The Labute approximate surface area is 365 Å². The Bertz CT molecular complexity index is 3270. The van der Waals surface area contributed by atoms with Crippen molar-refractivity contribution in [3.63, 3.8) is 0 Å². The van der Waals surface area contributed by atoms with Crippen molar-refractivity contribution in [2.45, 2.75) is 29.5 Å². The van der Waals surface area contributed by atoms with Gasteiger partial charge in [0.2, 0.25) is 5.95 Å². The minimum atomic E-state index is -0.217. The number of hydrogen-bond donors (Lipinski definition) is 1. The van der Waals surface area contributed by atoms with Crippen molar-refractivity contribution >= 4 is 56.3 Å². The van der Waals surface area contributed by atoms with Crippen LogP contribution in [-0.4, -0.2) is 14.5 Å². The van der Waals surface area contributed by atoms with Crippen LogP contribution in [0.2, 0.25) is 0 Å². The van der Waals surface area contributed by atoms with Gasteiger partial charge in [-0.3, -0.25) is 4.57 Å². The molecule has 8 aromatic carbocycles. The molecule has 1 atom stereocenters. The van der Waals surface area contributed by atoms with E-state index in [9.17, 15) is 0 Å². The number of aromatic nitrogens is 3. The van der Waals surface area contributed by atoms with E-state index in [1.54, 1.807) is 0 Å². The molecule has 0 saturated carbocycles. The fraction of sp³-hybridized carbons (Fsp3) is 0.0714. The largest absolute Gasteiger partial charge is 0.368 e. The van der Waals surface area contributed by atoms with Gasteiger partial charge in [0.05, 0.1) is 39.5 Å². The van der Waals surface area contributed by atoms with Crippen molar-refractivity contribution in [1.29, 1.82) is 0 Å². The highest BCUT2D eigenvalue weighted by molar-refractivity contribution is 8.00. The van der Waals surface area contributed by atoms with E-state index in [2.05, 4.69) is 217 Å². The van der Waals surface area contributed by atoms with E-state index in [1.165, 1.54) is 43.9 Å². The average Bonchev–Trinajstić information content (AvgIpc) is 3.90. The minimum Gasteiger partial charge on any atom is -0.368 e. The zero-order valence-electron chi connectivity index (χ0n) is 34.3. The third-order valence-electron chi connectivity index (χ3n) is 12.6. The smallest absolute Gasteiger partial charge is 0.235 e. The summed E-state index contributed by atoms with van der Waals surface area (Å²) < 4.78 is 2.26. The van der Waals surface area contributed by atoms with Crippen molar-refractivity contribution in [3.05, 3.63) is 217 Å². The average molecular weight is 816 g/mol. The molecule has 0 amide bonds. The van der Waals surface area contributed by atoms with Gasteiger partial charge >= 0.3 is 0 Å². The van der Waals surface area contributed by atoms with E-state index < -0.39 is 0 Å². The number of thioether (sulfide) groups is 1. The normalized spacial score (nSPS) is 14.9. The summed E-state index contributed by atoms with van der Waals surface area (Å²) in [5, 5.41) is 6.29. The van der Waals surface area contributed by atoms with E-state index in [1.807, 2.05) is 23.9 Å². The molecule has 62 heavy (non-hydrogen) atoms. The molecule has 6 heteroatoms. The Morgan fingerprint density at radius 2 is 1.08 bits per heavy atom. The van der Waals surface area contributed by atoms with Crippen LogP contribution < -0.4 is 10.2 Å². The van der Waals surface area contributed by atoms with Crippen LogP contribution in [0.25, 0.3) is 61.4 Å². The molecular weight excluding hydrogens is 775 g/mol. The first-order valence-electron chi connectivity index (χ1n) is 21.2. The molecule has 0 saturated heterocycles. The highest BCUT2D eigenvalue weighted by atomic mass is 32.2. The van der Waals surface area contributed by atoms with Crippen LogP contribution in [0, 0.1) is 0 Å². The molecule has 2 aliphatic rings. The first kappa shape index (κ1) is 36.4. The zero-order valence-corrected chi connectivity index (χ0v) is 35.1. The van der Waals surface area contributed by atoms with Crippen molar-refractivity contribution < 1.29 is 0 Å². The summed E-state index contributed by atoms with van der Waals surface area (Å²) in [6.07, 6.45) is 0. The molecular formula is C56H41N5S. The molecule has 0 bridgehead atoms. The summed E-state index contributed by atoms with van der Waals surface area (Å²) in [5.41, 5.74) is 16.7. The molecule has 1 N–H and O–H groups in total. The number of nitrogens with zero attached hydrogens (tertiary/aromatic N) is 4. The van der Waals surface area contributed by atoms with Crippen LogP contribution in [0.3, 0.4) is 0 Å². The number of para-hydroxylation sites is 2. The third kappa shape index (κ3) is 5.93. The predicted molar refractivity (Wildman–Crippen MR) is 258 cm³/mol. The Hall–Kier alpha value is -7.41. The lowest BCUT2D eigenvalue weighted by molar-refractivity contribution is 0.632. The quantitative estimate of drug-likeness (QED) is 0.181. The van der Waals surface area contributed by atoms with Crippen molar-refractivity contribution in [2.24, 2.45) is 0 Å². The molecule has 2 aromatic heterocycles. The molecule has 5 nitrogen and oxygen atoms in total. The molecule has 0 fully saturated rings. The molecule has 4 heterocycles. The molecule has 1 unspecified atom stereocenters. The van der Waals surface area contributed by atoms with Crippen molar-refractivity contribution in [2.75, 3.05) is 10.2 Å². The van der Waals surface area contributed by atoms with Crippen molar-refractivity contribution in [3.8, 4) is 39.6 Å². The van der Waals surface area contributed by atoms with Crippen LogP contribution in [0.1, 0.15) is 35.9 Å². The lowest BCUT2D eigenvalue weighted by Gasteiger charge is -2.42. The summed E-state index contributed by atoms with van der Waals surface area (Å²) in [6, 6.07) is 71.8. The zero-order chi connectivity index (χ0) is 41.4. The Kier molecular flexibility index (Phi) is 8.44. The van der Waals surface area contributed by atoms with E-state index in [4.69, 9.17) is 9.97 Å². The standard InChI is InChI=1S/C56H41N5S/c1-56(2)44-25-15-16-26-50(44)60(41-23-13-6-14-24-41)51-30-28-40(32-45(51)56)39-27-29-49-42(31-39)43-33-53-48(57-54(62-53)38-21-11-5-12-22-38)35-52(43)61(49)55-58-46(36-17-7-3-8-18-36)34-47(59-55)37-19-9-4-10-20-37/h3-35,54,57H,1-2H3. The van der Waals surface area contributed by atoms with Crippen LogP contribution in [-0.2, 0) is 5.41 Å². The van der Waals surface area contributed by atoms with Crippen molar-refractivity contribution in [1.82, 2.24) is 14.5 Å². The van der Waals surface area contributed by atoms with Gasteiger partial charge in [0.1, 0.15) is 5.37 Å². The fourth-order valence-corrected chi connectivity index (χ4v) is 10.7. The second-order valence-electron chi connectivity index (χ2n) is 16.7. The van der Waals surface area contributed by atoms with E-state index >= 15 is 0 Å². The van der Waals surface area contributed by atoms with Gasteiger partial charge in [0.15, 0.2) is 0 Å². The van der Waals surface area contributed by atoms with Gasteiger partial charge in [-0.25, -0.2) is 9.97 Å². The van der Waals surface area contributed by atoms with E-state index in [0.29, 0.717) is 5.95 Å². The monoisotopic (exact) mass is 815 g/mol. The number of fused-ring (bicyclic) bond motifs is 6. The highest BCUT2D eigenvalue weighted by Crippen LogP contribution is 2.53. The van der Waals surface area contributed by atoms with Crippen LogP contribution in [0.5, 0.6) is 0 Å². The maximum absolute atomic E-state index is 5.34. The summed E-state index contributed by atoms with van der Waals surface area (Å²) in [5.74, 6) is 0.637. The first-order chi connectivity index (χ1) is 30.5. The molecule has 0 aliphatic carbocycles. The van der Waals surface area contributed by atoms with Gasteiger partial charge in [-0.15, -0.1) is 0 Å². The second-order valence-corrected chi connectivity index (χ2v) is 17.8. The van der Waals surface area contributed by atoms with Gasteiger partial charge in [-0.2, -0.15) is 0 Å². The molecule has 10 aromatic rings. The maximum atomic E-state index is 5.34. The lowest BCUT2D eigenvalue weighted by Crippen LogP contribution is -2.30. The van der Waals surface area contributed by atoms with Crippen LogP contribution in [0.4, 0.5) is 22.7 Å². The van der Waals surface area contributed by atoms with Gasteiger partial charge in [0.25, 0.3) is 0 Å². The first-order valence-corrected chi connectivity index (χ1v) is 22.1. The molecule has 0 spiro atoms. The molecule has 0 radical (unpaired) electrons. The minimum absolute atomic E-state index is 0.120. The summed E-state index contributed by atoms with van der Waals surface area (Å²) in [7, 11) is 0. The van der Waals surface area contributed by atoms with Gasteiger partial charge < -0.3 is 10.2 Å². The molecule has 12 rings (SSSR count). The van der Waals surface area contributed by atoms with E-state index in [-0.39, 0.29) is 10.8 Å². The van der Waals surface area contributed by atoms with Gasteiger partial charge in [-0.1, -0.05) is 165 Å². The molecule has 2 aliphatic heterocycles. The van der Waals surface area contributed by atoms with Gasteiger partial charge in [0, 0.05) is 37.9 Å². The molecule has 296 valence electrons. The van der Waals surface area contributed by atoms with Crippen LogP contribution >= 0.6 is 11.8 Å². The third-order valence-corrected chi connectivity index (χ3v) is 13.8. The SMILES string of the molecule is CC1(C)c2ccccc2N(c2ccccc2)c2ccc(-c3ccc4c(c3)c3cc5c(cc3n4-c3nc(-c4ccccc4)cc(-c4ccccc4)n3)NC(c3ccccc3)S5)cc21. The maximum Gasteiger partial charge on any atom is 0.235 e. The second kappa shape index (κ2) is 14.4. The predicted octanol–water partition coefficient (Wildman–Crippen LogP) is 14.9. The fourth-order valence-electron chi connectivity index (χ4n) is 9.51. The van der Waals surface area contributed by atoms with E-state index in [0.717, 1.165) is 55.9 Å². The summed E-state index contributed by atoms with van der Waals surface area (Å²) in [6.45, 7) is 4.71. The topological polar surface area (TPSA) is 46.0 Å². The number of hydrogen-bond acceptors (Lipinski definition) is 5. The Morgan fingerprint density at radius 3 is 1.79 bits per heavy atom. The number of anilines is 4. The Morgan fingerprint density at radius 1 is 0.500 bits per heavy atom. The van der Waals surface area contributed by atoms with Crippen LogP contribution in [0.15, 0.2) is 205 Å². The summed E-state index contributed by atoms with van der Waals surface area (Å²) >= 11 is 1.87. The Balaban J connectivity index is 1.06. The number of nitrogens with one attached hydrogen (secondary N) is 1. The summed E-state index contributed by atoms with van der Waals surface area (Å²) in [4.78, 5) is 14.3. The van der Waals surface area contributed by atoms with Gasteiger partial charge in [-0.05, 0) is 88.5 Å². The lowest BCUT2D eigenvalue weighted by atomic mass is 9.73. The number of rotatable bonds is 6.